The van der Waals surface area contributed by atoms with Gasteiger partial charge in [-0.1, -0.05) is 0 Å². The third-order valence-electron chi connectivity index (χ3n) is 0.994. The normalized spacial score (nSPS) is 11.8. The Labute approximate surface area is 62.9 Å². The van der Waals surface area contributed by atoms with Gasteiger partial charge in [-0.2, -0.15) is 0 Å². The third-order valence-corrected chi connectivity index (χ3v) is 2.24. The molecule has 1 aromatic heterocycles. The van der Waals surface area contributed by atoms with E-state index in [-0.39, 0.29) is 5.03 Å². The molecule has 0 bridgehead atoms. The molecular weight excluding hydrogens is 176 g/mol. The zero-order chi connectivity index (χ0) is 7.78. The van der Waals surface area contributed by atoms with Crippen molar-refractivity contribution in [1.82, 2.24) is 4.98 Å². The van der Waals surface area contributed by atoms with E-state index in [9.17, 15) is 8.42 Å². The van der Waals surface area contributed by atoms with Crippen molar-refractivity contribution in [3.05, 3.63) is 12.5 Å². The molecule has 0 aliphatic heterocycles. The van der Waals surface area contributed by atoms with Crippen LogP contribution in [0, 0.1) is 0 Å². The number of halogens is 1. The number of H-pyrrole nitrogens is 1. The predicted molar refractivity (Wildman–Crippen MR) is 35.0 cm³/mol. The SMILES string of the molecule is C[n+]1c[nH]c(S(=O)(=O)Cl)c1. The fraction of sp³-hybridized carbons (Fsp3) is 0.250. The number of nitrogens with one attached hydrogen (secondary N) is 1. The second-order valence-electron chi connectivity index (χ2n) is 1.87. The number of aromatic nitrogens is 2. The van der Waals surface area contributed by atoms with Crippen molar-refractivity contribution in [2.24, 2.45) is 7.05 Å². The van der Waals surface area contributed by atoms with Crippen LogP contribution in [0.15, 0.2) is 17.6 Å². The Balaban J connectivity index is 3.21. The van der Waals surface area contributed by atoms with Gasteiger partial charge in [-0.3, -0.25) is 0 Å². The summed E-state index contributed by atoms with van der Waals surface area (Å²) in [6.07, 6.45) is 2.89. The second kappa shape index (κ2) is 2.25. The molecule has 1 rings (SSSR count). The van der Waals surface area contributed by atoms with Crippen LogP contribution < -0.4 is 4.57 Å². The molecule has 0 aliphatic rings. The quantitative estimate of drug-likeness (QED) is 0.481. The fourth-order valence-corrected chi connectivity index (χ4v) is 1.30. The predicted octanol–water partition coefficient (Wildman–Crippen LogP) is -0.233. The molecule has 0 unspecified atom stereocenters. The Morgan fingerprint density at radius 1 is 1.70 bits per heavy atom. The summed E-state index contributed by atoms with van der Waals surface area (Å²) in [7, 11) is 3.11. The number of hydrogen-bond acceptors (Lipinski definition) is 2. The van der Waals surface area contributed by atoms with Gasteiger partial charge in [0.2, 0.25) is 6.33 Å². The number of aryl methyl sites for hydroxylation is 1. The monoisotopic (exact) mass is 181 g/mol. The highest BCUT2D eigenvalue weighted by Gasteiger charge is 2.16. The molecule has 0 saturated carbocycles. The van der Waals surface area contributed by atoms with Gasteiger partial charge in [-0.15, -0.1) is 0 Å². The van der Waals surface area contributed by atoms with Gasteiger partial charge < -0.3 is 0 Å². The molecule has 10 heavy (non-hydrogen) atoms. The minimum absolute atomic E-state index is 0.0108. The fourth-order valence-electron chi connectivity index (χ4n) is 0.558. The number of aromatic amines is 1. The molecule has 0 aliphatic carbocycles. The number of rotatable bonds is 1. The molecule has 1 aromatic rings. The summed E-state index contributed by atoms with van der Waals surface area (Å²) in [4.78, 5) is 2.49. The number of hydrogen-bond donors (Lipinski definition) is 1. The van der Waals surface area contributed by atoms with E-state index in [1.807, 2.05) is 0 Å². The van der Waals surface area contributed by atoms with E-state index in [2.05, 4.69) is 4.98 Å². The van der Waals surface area contributed by atoms with Crippen LogP contribution in [0.3, 0.4) is 0 Å². The first-order chi connectivity index (χ1) is 4.50. The third kappa shape index (κ3) is 1.48. The lowest BCUT2D eigenvalue weighted by atomic mass is 10.9. The molecule has 0 saturated heterocycles. The van der Waals surface area contributed by atoms with E-state index in [0.717, 1.165) is 0 Å². The molecule has 0 spiro atoms. The molecule has 1 heterocycles. The number of nitrogens with zero attached hydrogens (tertiary/aromatic N) is 1. The molecule has 0 fully saturated rings. The van der Waals surface area contributed by atoms with E-state index < -0.39 is 9.05 Å². The largest absolute Gasteiger partial charge is 0.301 e. The summed E-state index contributed by atoms with van der Waals surface area (Å²) in [5.41, 5.74) is 0. The van der Waals surface area contributed by atoms with Gasteiger partial charge in [-0.25, -0.2) is 18.0 Å². The molecule has 6 heteroatoms. The van der Waals surface area contributed by atoms with Crippen LogP contribution in [-0.4, -0.2) is 13.4 Å². The summed E-state index contributed by atoms with van der Waals surface area (Å²) in [5.74, 6) is 0. The highest BCUT2D eigenvalue weighted by Crippen LogP contribution is 2.07. The van der Waals surface area contributed by atoms with Gasteiger partial charge in [0.05, 0.1) is 7.05 Å². The van der Waals surface area contributed by atoms with Crippen LogP contribution >= 0.6 is 10.7 Å². The maximum atomic E-state index is 10.6. The van der Waals surface area contributed by atoms with Crippen LogP contribution in [0.25, 0.3) is 0 Å². The highest BCUT2D eigenvalue weighted by molar-refractivity contribution is 8.13. The van der Waals surface area contributed by atoms with E-state index in [4.69, 9.17) is 10.7 Å². The Bertz CT molecular complexity index is 329. The summed E-state index contributed by atoms with van der Waals surface area (Å²) in [6.45, 7) is 0. The van der Waals surface area contributed by atoms with Crippen LogP contribution in [0.1, 0.15) is 0 Å². The smallest absolute Gasteiger partial charge is 0.238 e. The zero-order valence-corrected chi connectivity index (χ0v) is 6.78. The van der Waals surface area contributed by atoms with Gasteiger partial charge in [0.1, 0.15) is 6.20 Å². The van der Waals surface area contributed by atoms with Crippen molar-refractivity contribution in [3.8, 4) is 0 Å². The Morgan fingerprint density at radius 2 is 2.30 bits per heavy atom. The van der Waals surface area contributed by atoms with Gasteiger partial charge in [-0.05, 0) is 0 Å². The maximum Gasteiger partial charge on any atom is 0.301 e. The summed E-state index contributed by atoms with van der Waals surface area (Å²) in [6, 6.07) is 0. The summed E-state index contributed by atoms with van der Waals surface area (Å²) in [5, 5.41) is 0.0108. The first kappa shape index (κ1) is 7.56. The minimum atomic E-state index is -3.59. The average Bonchev–Trinajstić information content (AvgIpc) is 2.11. The van der Waals surface area contributed by atoms with Crippen LogP contribution in [0.2, 0.25) is 0 Å². The lowest BCUT2D eigenvalue weighted by Crippen LogP contribution is -2.23. The molecule has 0 radical (unpaired) electrons. The van der Waals surface area contributed by atoms with E-state index in [1.54, 1.807) is 11.6 Å². The van der Waals surface area contributed by atoms with Crippen molar-refractivity contribution >= 4 is 19.7 Å². The first-order valence-electron chi connectivity index (χ1n) is 2.48. The number of imidazole rings is 1. The minimum Gasteiger partial charge on any atom is -0.238 e. The molecule has 0 amide bonds. The van der Waals surface area contributed by atoms with Crippen molar-refractivity contribution in [2.75, 3.05) is 0 Å². The van der Waals surface area contributed by atoms with Crippen molar-refractivity contribution in [3.63, 3.8) is 0 Å². The lowest BCUT2D eigenvalue weighted by Gasteiger charge is -1.78. The molecular formula is C4H6ClN2O2S+. The second-order valence-corrected chi connectivity index (χ2v) is 4.40. The maximum absolute atomic E-state index is 10.6. The van der Waals surface area contributed by atoms with Gasteiger partial charge in [0.25, 0.3) is 5.03 Å². The molecule has 56 valence electrons. The lowest BCUT2D eigenvalue weighted by molar-refractivity contribution is -0.671. The van der Waals surface area contributed by atoms with Crippen LogP contribution in [-0.2, 0) is 16.1 Å². The first-order valence-corrected chi connectivity index (χ1v) is 4.79. The van der Waals surface area contributed by atoms with E-state index in [1.165, 1.54) is 12.5 Å². The van der Waals surface area contributed by atoms with Crippen LogP contribution in [0.5, 0.6) is 0 Å². The Hall–Kier alpha value is -0.550. The van der Waals surface area contributed by atoms with E-state index in [0.29, 0.717) is 0 Å². The molecule has 1 N–H and O–H groups in total. The molecule has 0 aromatic carbocycles. The summed E-state index contributed by atoms with van der Waals surface area (Å²) >= 11 is 0. The van der Waals surface area contributed by atoms with Crippen molar-refractivity contribution in [1.29, 1.82) is 0 Å². The van der Waals surface area contributed by atoms with Gasteiger partial charge in [0.15, 0.2) is 0 Å². The van der Waals surface area contributed by atoms with Crippen molar-refractivity contribution in [2.45, 2.75) is 5.03 Å². The molecule has 4 nitrogen and oxygen atoms in total. The molecule has 0 atom stereocenters. The Morgan fingerprint density at radius 3 is 2.50 bits per heavy atom. The van der Waals surface area contributed by atoms with E-state index >= 15 is 0 Å². The zero-order valence-electron chi connectivity index (χ0n) is 5.20. The van der Waals surface area contributed by atoms with Gasteiger partial charge >= 0.3 is 9.05 Å². The van der Waals surface area contributed by atoms with Crippen LogP contribution in [0.4, 0.5) is 0 Å². The Kier molecular flexibility index (Phi) is 1.70. The summed E-state index contributed by atoms with van der Waals surface area (Å²) < 4.78 is 22.7. The topological polar surface area (TPSA) is 53.8 Å². The highest BCUT2D eigenvalue weighted by atomic mass is 35.7. The van der Waals surface area contributed by atoms with Gasteiger partial charge in [0, 0.05) is 10.7 Å². The standard InChI is InChI=1S/C4H5ClN2O2S/c1-7-2-4(6-3-7)10(5,8)9/h2-3H,1H3/p+1. The average molecular weight is 182 g/mol. The van der Waals surface area contributed by atoms with Crippen molar-refractivity contribution < 1.29 is 13.0 Å².